The van der Waals surface area contributed by atoms with Gasteiger partial charge in [0.1, 0.15) is 24.7 Å². The Morgan fingerprint density at radius 3 is 2.46 bits per heavy atom. The summed E-state index contributed by atoms with van der Waals surface area (Å²) < 4.78 is 21.2. The summed E-state index contributed by atoms with van der Waals surface area (Å²) in [6.45, 7) is 1.37. The summed E-state index contributed by atoms with van der Waals surface area (Å²) in [6.07, 6.45) is 0.152. The highest BCUT2D eigenvalue weighted by Gasteiger charge is 2.11. The van der Waals surface area contributed by atoms with Gasteiger partial charge in [0, 0.05) is 18.7 Å². The third-order valence-electron chi connectivity index (χ3n) is 3.39. The number of esters is 1. The van der Waals surface area contributed by atoms with Gasteiger partial charge in [-0.05, 0) is 11.6 Å². The fraction of sp³-hybridized carbons (Fsp3) is 0.316. The molecule has 2 aromatic rings. The molecular weight excluding hydrogens is 308 g/mol. The Morgan fingerprint density at radius 1 is 0.958 bits per heavy atom. The van der Waals surface area contributed by atoms with Crippen LogP contribution in [0.1, 0.15) is 11.1 Å². The lowest BCUT2D eigenvalue weighted by Gasteiger charge is -2.13. The molecule has 0 unspecified atom stereocenters. The van der Waals surface area contributed by atoms with Crippen molar-refractivity contribution in [2.45, 2.75) is 13.0 Å². The molecule has 0 bridgehead atoms. The van der Waals surface area contributed by atoms with Crippen LogP contribution in [0.2, 0.25) is 0 Å². The molecule has 0 amide bonds. The van der Waals surface area contributed by atoms with E-state index in [1.165, 1.54) is 7.11 Å². The summed E-state index contributed by atoms with van der Waals surface area (Å²) in [6, 6.07) is 15.3. The molecule has 0 aliphatic rings. The second-order valence-electron chi connectivity index (χ2n) is 5.14. The fourth-order valence-corrected chi connectivity index (χ4v) is 2.11. The fourth-order valence-electron chi connectivity index (χ4n) is 2.11. The summed E-state index contributed by atoms with van der Waals surface area (Å²) >= 11 is 0. The number of rotatable bonds is 9. The molecule has 0 aromatic heterocycles. The molecule has 0 aliphatic heterocycles. The Kier molecular flexibility index (Phi) is 7.11. The SMILES string of the molecule is COCCOc1ccc(CC(=O)OC)c(OCc2ccccc2)c1. The van der Waals surface area contributed by atoms with Crippen LogP contribution in [0, 0.1) is 0 Å². The highest BCUT2D eigenvalue weighted by atomic mass is 16.5. The highest BCUT2D eigenvalue weighted by molar-refractivity contribution is 5.73. The van der Waals surface area contributed by atoms with E-state index in [1.807, 2.05) is 42.5 Å². The number of hydrogen-bond donors (Lipinski definition) is 0. The molecule has 5 nitrogen and oxygen atoms in total. The molecule has 0 fully saturated rings. The van der Waals surface area contributed by atoms with Crippen LogP contribution < -0.4 is 9.47 Å². The largest absolute Gasteiger partial charge is 0.491 e. The van der Waals surface area contributed by atoms with Crippen LogP contribution in [-0.2, 0) is 27.3 Å². The number of ether oxygens (including phenoxy) is 4. The Balaban J connectivity index is 2.12. The van der Waals surface area contributed by atoms with Gasteiger partial charge >= 0.3 is 5.97 Å². The predicted molar refractivity (Wildman–Crippen MR) is 90.3 cm³/mol. The molecule has 0 atom stereocenters. The minimum absolute atomic E-state index is 0.152. The van der Waals surface area contributed by atoms with E-state index < -0.39 is 0 Å². The first kappa shape index (κ1) is 17.8. The smallest absolute Gasteiger partial charge is 0.310 e. The van der Waals surface area contributed by atoms with Gasteiger partial charge in [-0.2, -0.15) is 0 Å². The van der Waals surface area contributed by atoms with E-state index in [0.717, 1.165) is 11.1 Å². The van der Waals surface area contributed by atoms with E-state index in [0.29, 0.717) is 31.3 Å². The Labute approximate surface area is 142 Å². The molecule has 0 heterocycles. The van der Waals surface area contributed by atoms with Gasteiger partial charge in [0.25, 0.3) is 0 Å². The molecule has 0 spiro atoms. The van der Waals surface area contributed by atoms with Gasteiger partial charge in [0.15, 0.2) is 0 Å². The molecule has 2 aromatic carbocycles. The normalized spacial score (nSPS) is 10.2. The van der Waals surface area contributed by atoms with Gasteiger partial charge < -0.3 is 18.9 Å². The van der Waals surface area contributed by atoms with Crippen molar-refractivity contribution >= 4 is 5.97 Å². The quantitative estimate of drug-likeness (QED) is 0.522. The van der Waals surface area contributed by atoms with Crippen molar-refractivity contribution in [2.24, 2.45) is 0 Å². The maximum absolute atomic E-state index is 11.6. The summed E-state index contributed by atoms with van der Waals surface area (Å²) in [4.78, 5) is 11.6. The molecule has 24 heavy (non-hydrogen) atoms. The van der Waals surface area contributed by atoms with Crippen molar-refractivity contribution in [3.05, 3.63) is 59.7 Å². The molecular formula is C19H22O5. The number of carbonyl (C=O) groups is 1. The van der Waals surface area contributed by atoms with E-state index >= 15 is 0 Å². The summed E-state index contributed by atoms with van der Waals surface area (Å²) in [5.74, 6) is 0.968. The lowest BCUT2D eigenvalue weighted by molar-refractivity contribution is -0.139. The minimum atomic E-state index is -0.312. The topological polar surface area (TPSA) is 54.0 Å². The van der Waals surface area contributed by atoms with Gasteiger partial charge in [-0.15, -0.1) is 0 Å². The molecule has 0 radical (unpaired) electrons. The zero-order valence-corrected chi connectivity index (χ0v) is 14.0. The third kappa shape index (κ3) is 5.59. The van der Waals surface area contributed by atoms with E-state index in [9.17, 15) is 4.79 Å². The third-order valence-corrected chi connectivity index (χ3v) is 3.39. The van der Waals surface area contributed by atoms with Crippen molar-refractivity contribution < 1.29 is 23.7 Å². The molecule has 0 aliphatic carbocycles. The van der Waals surface area contributed by atoms with Gasteiger partial charge in [-0.25, -0.2) is 0 Å². The first-order valence-electron chi connectivity index (χ1n) is 7.71. The van der Waals surface area contributed by atoms with E-state index in [1.54, 1.807) is 13.2 Å². The Hall–Kier alpha value is -2.53. The zero-order chi connectivity index (χ0) is 17.2. The molecule has 128 valence electrons. The summed E-state index contributed by atoms with van der Waals surface area (Å²) in [5, 5.41) is 0. The van der Waals surface area contributed by atoms with Crippen molar-refractivity contribution in [3.8, 4) is 11.5 Å². The van der Waals surface area contributed by atoms with Crippen molar-refractivity contribution in [3.63, 3.8) is 0 Å². The first-order valence-corrected chi connectivity index (χ1v) is 7.71. The maximum atomic E-state index is 11.6. The van der Waals surface area contributed by atoms with Crippen LogP contribution in [-0.4, -0.2) is 33.4 Å². The van der Waals surface area contributed by atoms with E-state index in [-0.39, 0.29) is 12.4 Å². The van der Waals surface area contributed by atoms with Gasteiger partial charge in [-0.1, -0.05) is 36.4 Å². The van der Waals surface area contributed by atoms with E-state index in [4.69, 9.17) is 18.9 Å². The Morgan fingerprint density at radius 2 is 1.75 bits per heavy atom. The number of benzene rings is 2. The lowest BCUT2D eigenvalue weighted by atomic mass is 10.1. The zero-order valence-electron chi connectivity index (χ0n) is 14.0. The second kappa shape index (κ2) is 9.57. The van der Waals surface area contributed by atoms with Gasteiger partial charge in [0.05, 0.1) is 20.1 Å². The number of carbonyl (C=O) groups excluding carboxylic acids is 1. The van der Waals surface area contributed by atoms with Crippen LogP contribution in [0.15, 0.2) is 48.5 Å². The average Bonchev–Trinajstić information content (AvgIpc) is 2.62. The van der Waals surface area contributed by atoms with Crippen molar-refractivity contribution in [1.29, 1.82) is 0 Å². The molecule has 0 saturated heterocycles. The van der Waals surface area contributed by atoms with Crippen LogP contribution in [0.3, 0.4) is 0 Å². The van der Waals surface area contributed by atoms with Crippen LogP contribution >= 0.6 is 0 Å². The number of hydrogen-bond acceptors (Lipinski definition) is 5. The number of methoxy groups -OCH3 is 2. The predicted octanol–water partition coefficient (Wildman–Crippen LogP) is 3.01. The van der Waals surface area contributed by atoms with Crippen LogP contribution in [0.25, 0.3) is 0 Å². The van der Waals surface area contributed by atoms with Gasteiger partial charge in [-0.3, -0.25) is 4.79 Å². The molecule has 0 N–H and O–H groups in total. The van der Waals surface area contributed by atoms with Crippen molar-refractivity contribution in [2.75, 3.05) is 27.4 Å². The standard InChI is InChI=1S/C19H22O5/c1-21-10-11-23-17-9-8-16(12-19(20)22-2)18(13-17)24-14-15-6-4-3-5-7-15/h3-9,13H,10-12,14H2,1-2H3. The first-order chi connectivity index (χ1) is 11.7. The summed E-state index contributed by atoms with van der Waals surface area (Å²) in [7, 11) is 2.99. The Bertz CT molecular complexity index is 639. The summed E-state index contributed by atoms with van der Waals surface area (Å²) in [5.41, 5.74) is 1.81. The van der Waals surface area contributed by atoms with E-state index in [2.05, 4.69) is 0 Å². The van der Waals surface area contributed by atoms with Gasteiger partial charge in [0.2, 0.25) is 0 Å². The maximum Gasteiger partial charge on any atom is 0.310 e. The minimum Gasteiger partial charge on any atom is -0.491 e. The molecule has 2 rings (SSSR count). The molecule has 5 heteroatoms. The van der Waals surface area contributed by atoms with Crippen LogP contribution in [0.5, 0.6) is 11.5 Å². The highest BCUT2D eigenvalue weighted by Crippen LogP contribution is 2.26. The monoisotopic (exact) mass is 330 g/mol. The molecule has 0 saturated carbocycles. The van der Waals surface area contributed by atoms with Crippen LogP contribution in [0.4, 0.5) is 0 Å². The lowest BCUT2D eigenvalue weighted by Crippen LogP contribution is -2.08. The second-order valence-corrected chi connectivity index (χ2v) is 5.14. The average molecular weight is 330 g/mol. The van der Waals surface area contributed by atoms with Crippen molar-refractivity contribution in [1.82, 2.24) is 0 Å².